The predicted molar refractivity (Wildman–Crippen MR) is 97.6 cm³/mol. The van der Waals surface area contributed by atoms with Crippen molar-refractivity contribution in [1.82, 2.24) is 5.32 Å². The summed E-state index contributed by atoms with van der Waals surface area (Å²) >= 11 is 6.89. The van der Waals surface area contributed by atoms with Crippen LogP contribution in [0.15, 0.2) is 51.4 Å². The van der Waals surface area contributed by atoms with Crippen molar-refractivity contribution < 1.29 is 9.53 Å². The fourth-order valence-electron chi connectivity index (χ4n) is 2.77. The highest BCUT2D eigenvalue weighted by Crippen LogP contribution is 2.48. The van der Waals surface area contributed by atoms with Gasteiger partial charge >= 0.3 is 0 Å². The quantitative estimate of drug-likeness (QED) is 0.742. The summed E-state index contributed by atoms with van der Waals surface area (Å²) in [4.78, 5) is 12.7. The minimum atomic E-state index is -0.361. The number of benzene rings is 2. The van der Waals surface area contributed by atoms with Crippen LogP contribution in [-0.4, -0.2) is 13.0 Å². The molecular formula is C18H17Br2NO2. The van der Waals surface area contributed by atoms with E-state index in [2.05, 4.69) is 37.2 Å². The molecule has 120 valence electrons. The van der Waals surface area contributed by atoms with Crippen LogP contribution in [0.1, 0.15) is 24.0 Å². The van der Waals surface area contributed by atoms with Crippen LogP contribution in [0.25, 0.3) is 0 Å². The Morgan fingerprint density at radius 1 is 1.13 bits per heavy atom. The highest BCUT2D eigenvalue weighted by Gasteiger charge is 2.51. The lowest BCUT2D eigenvalue weighted by molar-refractivity contribution is -0.123. The third kappa shape index (κ3) is 3.45. The van der Waals surface area contributed by atoms with E-state index >= 15 is 0 Å². The van der Waals surface area contributed by atoms with E-state index in [0.29, 0.717) is 6.54 Å². The summed E-state index contributed by atoms with van der Waals surface area (Å²) in [6.07, 6.45) is 1.80. The van der Waals surface area contributed by atoms with Crippen molar-refractivity contribution in [3.8, 4) is 5.75 Å². The smallest absolute Gasteiger partial charge is 0.230 e. The first-order chi connectivity index (χ1) is 11.0. The molecule has 0 atom stereocenters. The number of nitrogens with one attached hydrogen (secondary N) is 1. The van der Waals surface area contributed by atoms with Crippen molar-refractivity contribution in [3.63, 3.8) is 0 Å². The molecule has 0 unspecified atom stereocenters. The highest BCUT2D eigenvalue weighted by molar-refractivity contribution is 9.10. The maximum Gasteiger partial charge on any atom is 0.230 e. The van der Waals surface area contributed by atoms with Gasteiger partial charge in [0.15, 0.2) is 0 Å². The molecule has 0 saturated heterocycles. The first kappa shape index (κ1) is 16.5. The molecule has 23 heavy (non-hydrogen) atoms. The zero-order valence-electron chi connectivity index (χ0n) is 12.7. The van der Waals surface area contributed by atoms with Gasteiger partial charge in [0.25, 0.3) is 0 Å². The Balaban J connectivity index is 1.73. The molecule has 1 N–H and O–H groups in total. The minimum absolute atomic E-state index is 0.0850. The number of carbonyl (C=O) groups is 1. The summed E-state index contributed by atoms with van der Waals surface area (Å²) in [6.45, 7) is 0.458. The Hall–Kier alpha value is -1.33. The average molecular weight is 439 g/mol. The molecule has 1 amide bonds. The zero-order valence-corrected chi connectivity index (χ0v) is 15.9. The number of carbonyl (C=O) groups excluding carboxylic acids is 1. The molecule has 0 radical (unpaired) electrons. The van der Waals surface area contributed by atoms with Crippen molar-refractivity contribution in [2.45, 2.75) is 24.8 Å². The maximum atomic E-state index is 12.7. The molecule has 0 heterocycles. The van der Waals surface area contributed by atoms with Crippen LogP contribution in [0.4, 0.5) is 0 Å². The summed E-state index contributed by atoms with van der Waals surface area (Å²) < 4.78 is 7.35. The molecule has 5 heteroatoms. The number of ether oxygens (including phenoxy) is 1. The van der Waals surface area contributed by atoms with Crippen LogP contribution < -0.4 is 10.1 Å². The van der Waals surface area contributed by atoms with Gasteiger partial charge in [-0.2, -0.15) is 0 Å². The summed E-state index contributed by atoms with van der Waals surface area (Å²) in [5.74, 6) is 0.865. The van der Waals surface area contributed by atoms with Gasteiger partial charge in [-0.15, -0.1) is 0 Å². The number of hydrogen-bond acceptors (Lipinski definition) is 2. The Morgan fingerprint density at radius 2 is 1.78 bits per heavy atom. The second kappa shape index (κ2) is 6.65. The molecule has 2 aromatic carbocycles. The standard InChI is InChI=1S/C18H17Br2NO2/c1-23-16-7-6-15(20)10-12(16)11-21-17(22)18(8-9-18)13-2-4-14(19)5-3-13/h2-7,10H,8-9,11H2,1H3,(H,21,22). The van der Waals surface area contributed by atoms with E-state index in [1.54, 1.807) is 7.11 Å². The Bertz CT molecular complexity index is 724. The number of hydrogen-bond donors (Lipinski definition) is 1. The van der Waals surface area contributed by atoms with E-state index in [9.17, 15) is 4.79 Å². The van der Waals surface area contributed by atoms with Crippen LogP contribution in [0.3, 0.4) is 0 Å². The zero-order chi connectivity index (χ0) is 16.4. The minimum Gasteiger partial charge on any atom is -0.496 e. The van der Waals surface area contributed by atoms with Gasteiger partial charge in [-0.25, -0.2) is 0 Å². The molecule has 3 rings (SSSR count). The summed E-state index contributed by atoms with van der Waals surface area (Å²) in [5.41, 5.74) is 1.68. The largest absolute Gasteiger partial charge is 0.496 e. The van der Waals surface area contributed by atoms with E-state index in [-0.39, 0.29) is 11.3 Å². The Kier molecular flexibility index (Phi) is 4.78. The molecule has 1 fully saturated rings. The molecule has 3 nitrogen and oxygen atoms in total. The second-order valence-electron chi connectivity index (χ2n) is 5.73. The lowest BCUT2D eigenvalue weighted by Gasteiger charge is -2.17. The van der Waals surface area contributed by atoms with Crippen LogP contribution in [0.2, 0.25) is 0 Å². The molecule has 0 bridgehead atoms. The SMILES string of the molecule is COc1ccc(Br)cc1CNC(=O)C1(c2ccc(Br)cc2)CC1. The molecule has 0 aromatic heterocycles. The van der Waals surface area contributed by atoms with Crippen LogP contribution >= 0.6 is 31.9 Å². The van der Waals surface area contributed by atoms with Gasteiger partial charge in [-0.3, -0.25) is 4.79 Å². The molecule has 0 aliphatic heterocycles. The van der Waals surface area contributed by atoms with Gasteiger partial charge in [0.2, 0.25) is 5.91 Å². The topological polar surface area (TPSA) is 38.3 Å². The van der Waals surface area contributed by atoms with Crippen molar-refractivity contribution in [3.05, 3.63) is 62.5 Å². The molecule has 0 spiro atoms. The highest BCUT2D eigenvalue weighted by atomic mass is 79.9. The van der Waals surface area contributed by atoms with Crippen molar-refractivity contribution >= 4 is 37.8 Å². The lowest BCUT2D eigenvalue weighted by Crippen LogP contribution is -2.34. The van der Waals surface area contributed by atoms with Gasteiger partial charge < -0.3 is 10.1 Å². The van der Waals surface area contributed by atoms with Crippen LogP contribution in [0.5, 0.6) is 5.75 Å². The Morgan fingerprint density at radius 3 is 2.39 bits per heavy atom. The van der Waals surface area contributed by atoms with Crippen LogP contribution in [0, 0.1) is 0 Å². The average Bonchev–Trinajstić information content (AvgIpc) is 3.35. The van der Waals surface area contributed by atoms with E-state index in [1.807, 2.05) is 42.5 Å². The first-order valence-corrected chi connectivity index (χ1v) is 9.00. The third-order valence-corrected chi connectivity index (χ3v) is 5.29. The van der Waals surface area contributed by atoms with Crippen molar-refractivity contribution in [2.75, 3.05) is 7.11 Å². The van der Waals surface area contributed by atoms with Gasteiger partial charge in [-0.1, -0.05) is 44.0 Å². The fourth-order valence-corrected chi connectivity index (χ4v) is 3.44. The molecular weight excluding hydrogens is 422 g/mol. The lowest BCUT2D eigenvalue weighted by atomic mass is 9.95. The molecule has 2 aromatic rings. The predicted octanol–water partition coefficient (Wildman–Crippen LogP) is 4.57. The second-order valence-corrected chi connectivity index (χ2v) is 7.56. The number of halogens is 2. The van der Waals surface area contributed by atoms with Gasteiger partial charge in [-0.05, 0) is 48.7 Å². The first-order valence-electron chi connectivity index (χ1n) is 7.42. The Labute approximate surface area is 152 Å². The molecule has 1 aliphatic rings. The van der Waals surface area contributed by atoms with Gasteiger partial charge in [0.1, 0.15) is 5.75 Å². The van der Waals surface area contributed by atoms with E-state index in [1.165, 1.54) is 0 Å². The van der Waals surface area contributed by atoms with E-state index < -0.39 is 0 Å². The molecule has 1 aliphatic carbocycles. The molecule has 1 saturated carbocycles. The summed E-state index contributed by atoms with van der Waals surface area (Å²) in [6, 6.07) is 13.8. The fraction of sp³-hybridized carbons (Fsp3) is 0.278. The van der Waals surface area contributed by atoms with Crippen molar-refractivity contribution in [2.24, 2.45) is 0 Å². The van der Waals surface area contributed by atoms with Crippen molar-refractivity contribution in [1.29, 1.82) is 0 Å². The van der Waals surface area contributed by atoms with Gasteiger partial charge in [0, 0.05) is 21.1 Å². The number of methoxy groups -OCH3 is 1. The van der Waals surface area contributed by atoms with Gasteiger partial charge in [0.05, 0.1) is 12.5 Å². The number of amides is 1. The summed E-state index contributed by atoms with van der Waals surface area (Å²) in [5, 5.41) is 3.07. The van der Waals surface area contributed by atoms with Crippen LogP contribution in [-0.2, 0) is 16.8 Å². The summed E-state index contributed by atoms with van der Waals surface area (Å²) in [7, 11) is 1.64. The number of rotatable bonds is 5. The monoisotopic (exact) mass is 437 g/mol. The third-order valence-electron chi connectivity index (χ3n) is 4.26. The normalized spacial score (nSPS) is 15.1. The van der Waals surface area contributed by atoms with E-state index in [4.69, 9.17) is 4.74 Å². The van der Waals surface area contributed by atoms with E-state index in [0.717, 1.165) is 38.7 Å². The maximum absolute atomic E-state index is 12.7.